The van der Waals surface area contributed by atoms with Crippen molar-refractivity contribution >= 4 is 66.6 Å². The van der Waals surface area contributed by atoms with Gasteiger partial charge in [0.25, 0.3) is 0 Å². The molecule has 0 bridgehead atoms. The summed E-state index contributed by atoms with van der Waals surface area (Å²) in [5.41, 5.74) is 7.48. The molecule has 4 nitrogen and oxygen atoms in total. The van der Waals surface area contributed by atoms with Crippen LogP contribution in [-0.4, -0.2) is 34.4 Å². The van der Waals surface area contributed by atoms with Crippen LogP contribution >= 0.6 is 11.3 Å². The molecule has 234 valence electrons. The van der Waals surface area contributed by atoms with Gasteiger partial charge in [-0.3, -0.25) is 0 Å². The van der Waals surface area contributed by atoms with E-state index in [9.17, 15) is 0 Å². The van der Waals surface area contributed by atoms with Crippen molar-refractivity contribution in [2.45, 2.75) is 0 Å². The summed E-state index contributed by atoms with van der Waals surface area (Å²) in [6, 6.07) is 55.4. The first-order valence-electron chi connectivity index (χ1n) is 16.5. The first-order chi connectivity index (χ1) is 24.7. The molecule has 0 saturated heterocycles. The third kappa shape index (κ3) is 5.05. The molecular weight excluding hydrogens is 696 g/mol. The predicted octanol–water partition coefficient (Wildman–Crippen LogP) is 11.3. The Morgan fingerprint density at radius 3 is 1.80 bits per heavy atom. The van der Waals surface area contributed by atoms with E-state index >= 15 is 0 Å². The molecule has 6 heteroatoms. The molecular formula is C44H26N4SSe. The Hall–Kier alpha value is -5.78. The van der Waals surface area contributed by atoms with Gasteiger partial charge in [-0.25, -0.2) is 0 Å². The van der Waals surface area contributed by atoms with Crippen LogP contribution in [0.25, 0.3) is 96.1 Å². The topological polar surface area (TPSA) is 51.6 Å². The zero-order valence-electron chi connectivity index (χ0n) is 26.6. The summed E-state index contributed by atoms with van der Waals surface area (Å²) in [6.45, 7) is 0. The van der Waals surface area contributed by atoms with Crippen LogP contribution in [0.15, 0.2) is 158 Å². The van der Waals surface area contributed by atoms with E-state index in [1.807, 2.05) is 18.2 Å². The third-order valence-electron chi connectivity index (χ3n) is 9.17. The van der Waals surface area contributed by atoms with Crippen molar-refractivity contribution in [1.29, 1.82) is 0 Å². The van der Waals surface area contributed by atoms with Crippen LogP contribution in [0.3, 0.4) is 0 Å². The number of thiophene rings is 1. The fraction of sp³-hybridized carbons (Fsp3) is 0. The molecule has 50 heavy (non-hydrogen) atoms. The van der Waals surface area contributed by atoms with Gasteiger partial charge in [-0.1, -0.05) is 42.5 Å². The van der Waals surface area contributed by atoms with Crippen molar-refractivity contribution in [3.63, 3.8) is 0 Å². The standard InChI is InChI=1S/C44H26N4SSe/c1-3-11-27(12-4-1)41-46-42(48-43(47-41)31-21-22-35-34-17-7-8-20-38(34)49-39(35)26-31)30-16-9-15-29(25-30)32-18-10-19-36-33(32)23-24-37-40(36)50-44(45-37)28-13-5-2-6-14-28/h1-26H. The van der Waals surface area contributed by atoms with Gasteiger partial charge in [-0.2, -0.15) is 0 Å². The molecule has 10 aromatic rings. The van der Waals surface area contributed by atoms with Crippen LogP contribution in [0, 0.1) is 0 Å². The molecule has 10 rings (SSSR count). The molecule has 0 fully saturated rings. The first-order valence-corrected chi connectivity index (χ1v) is 19.0. The number of hydrogen-bond acceptors (Lipinski definition) is 5. The molecule has 0 atom stereocenters. The van der Waals surface area contributed by atoms with Crippen LogP contribution in [0.2, 0.25) is 0 Å². The Bertz CT molecular complexity index is 2880. The van der Waals surface area contributed by atoms with E-state index in [2.05, 4.69) is 140 Å². The Morgan fingerprint density at radius 2 is 0.980 bits per heavy atom. The van der Waals surface area contributed by atoms with Crippen LogP contribution in [0.5, 0.6) is 0 Å². The summed E-state index contributed by atoms with van der Waals surface area (Å²) in [7, 11) is 0. The van der Waals surface area contributed by atoms with Gasteiger partial charge < -0.3 is 0 Å². The van der Waals surface area contributed by atoms with Crippen molar-refractivity contribution in [2.75, 3.05) is 0 Å². The fourth-order valence-electron chi connectivity index (χ4n) is 6.74. The van der Waals surface area contributed by atoms with Gasteiger partial charge in [-0.05, 0) is 6.07 Å². The average Bonchev–Trinajstić information content (AvgIpc) is 3.80. The smallest absolute Gasteiger partial charge is 0.0615 e. The maximum absolute atomic E-state index is 5.11. The van der Waals surface area contributed by atoms with E-state index in [1.165, 1.54) is 50.9 Å². The van der Waals surface area contributed by atoms with Gasteiger partial charge in [0.05, 0.1) is 0 Å². The van der Waals surface area contributed by atoms with Crippen LogP contribution in [-0.2, 0) is 0 Å². The Balaban J connectivity index is 1.10. The van der Waals surface area contributed by atoms with Gasteiger partial charge in [0, 0.05) is 20.2 Å². The monoisotopic (exact) mass is 722 g/mol. The molecule has 0 saturated carbocycles. The summed E-state index contributed by atoms with van der Waals surface area (Å²) in [5, 5.41) is 5.03. The molecule has 0 N–H and O–H groups in total. The van der Waals surface area contributed by atoms with E-state index in [0.717, 1.165) is 27.8 Å². The SMILES string of the molecule is c1ccc(-c2nc(-c3cccc(-c4cccc5c4ccc4nc(-c6ccccc6)[se]c45)c3)nc(-c3ccc4c(c3)sc3ccccc34)n2)cc1. The predicted molar refractivity (Wildman–Crippen MR) is 210 cm³/mol. The fourth-order valence-corrected chi connectivity index (χ4v) is 10.2. The number of hydrogen-bond donors (Lipinski definition) is 0. The van der Waals surface area contributed by atoms with Crippen LogP contribution < -0.4 is 0 Å². The van der Waals surface area contributed by atoms with Gasteiger partial charge in [0.1, 0.15) is 0 Å². The molecule has 0 aliphatic heterocycles. The number of benzene rings is 7. The van der Waals surface area contributed by atoms with Crippen molar-refractivity contribution in [2.24, 2.45) is 0 Å². The maximum atomic E-state index is 5.11. The zero-order chi connectivity index (χ0) is 33.0. The Labute approximate surface area is 298 Å². The minimum Gasteiger partial charge on any atom is -0.0615 e. The summed E-state index contributed by atoms with van der Waals surface area (Å²) in [6.07, 6.45) is 0. The average molecular weight is 722 g/mol. The molecule has 0 aliphatic carbocycles. The number of aromatic nitrogens is 4. The second-order valence-corrected chi connectivity index (χ2v) is 15.4. The van der Waals surface area contributed by atoms with Gasteiger partial charge >= 0.3 is 220 Å². The van der Waals surface area contributed by atoms with E-state index in [0.29, 0.717) is 17.5 Å². The minimum absolute atomic E-state index is 0.130. The van der Waals surface area contributed by atoms with E-state index in [-0.39, 0.29) is 14.5 Å². The molecule has 3 aromatic heterocycles. The Morgan fingerprint density at radius 1 is 0.380 bits per heavy atom. The zero-order valence-corrected chi connectivity index (χ0v) is 29.1. The Kier molecular flexibility index (Phi) is 6.98. The van der Waals surface area contributed by atoms with E-state index in [1.54, 1.807) is 11.3 Å². The normalized spacial score (nSPS) is 11.6. The van der Waals surface area contributed by atoms with Crippen molar-refractivity contribution in [1.82, 2.24) is 19.9 Å². The number of rotatable bonds is 5. The van der Waals surface area contributed by atoms with E-state index in [4.69, 9.17) is 19.9 Å². The molecule has 0 spiro atoms. The number of nitrogens with zero attached hydrogens (tertiary/aromatic N) is 4. The molecule has 0 amide bonds. The van der Waals surface area contributed by atoms with E-state index < -0.39 is 0 Å². The second-order valence-electron chi connectivity index (χ2n) is 12.3. The first kappa shape index (κ1) is 29.2. The molecule has 7 aromatic carbocycles. The summed E-state index contributed by atoms with van der Waals surface area (Å²) in [5.74, 6) is 1.97. The molecule has 0 unspecified atom stereocenters. The summed E-state index contributed by atoms with van der Waals surface area (Å²) >= 11 is 1.93. The van der Waals surface area contributed by atoms with Crippen LogP contribution in [0.4, 0.5) is 0 Å². The molecule has 0 aliphatic rings. The van der Waals surface area contributed by atoms with Crippen molar-refractivity contribution < 1.29 is 0 Å². The van der Waals surface area contributed by atoms with Gasteiger partial charge in [0.15, 0.2) is 0 Å². The van der Waals surface area contributed by atoms with Crippen molar-refractivity contribution in [3.8, 4) is 55.4 Å². The summed E-state index contributed by atoms with van der Waals surface area (Å²) < 4.78 is 5.02. The summed E-state index contributed by atoms with van der Waals surface area (Å²) in [4.78, 5) is 20.2. The number of fused-ring (bicyclic) bond motifs is 6. The van der Waals surface area contributed by atoms with Crippen molar-refractivity contribution in [3.05, 3.63) is 158 Å². The third-order valence-corrected chi connectivity index (χ3v) is 12.7. The van der Waals surface area contributed by atoms with Crippen LogP contribution in [0.1, 0.15) is 0 Å². The second kappa shape index (κ2) is 12.0. The molecule has 3 heterocycles. The van der Waals surface area contributed by atoms with Gasteiger partial charge in [0.2, 0.25) is 0 Å². The quantitative estimate of drug-likeness (QED) is 0.166. The minimum atomic E-state index is 0.130. The van der Waals surface area contributed by atoms with Gasteiger partial charge in [-0.15, -0.1) is 11.3 Å². The molecule has 0 radical (unpaired) electrons.